The maximum absolute atomic E-state index is 12.5. The average Bonchev–Trinajstić information content (AvgIpc) is 3.22. The number of amides is 1. The summed E-state index contributed by atoms with van der Waals surface area (Å²) >= 11 is 0. The Balaban J connectivity index is 1.60. The highest BCUT2D eigenvalue weighted by molar-refractivity contribution is 5.94. The van der Waals surface area contributed by atoms with E-state index in [1.165, 1.54) is 19.3 Å². The van der Waals surface area contributed by atoms with Crippen molar-refractivity contribution >= 4 is 28.4 Å². The van der Waals surface area contributed by atoms with Crippen molar-refractivity contribution in [3.05, 3.63) is 18.2 Å². The highest BCUT2D eigenvalue weighted by Gasteiger charge is 2.22. The van der Waals surface area contributed by atoms with E-state index in [0.29, 0.717) is 5.88 Å². The summed E-state index contributed by atoms with van der Waals surface area (Å²) in [5.41, 5.74) is 2.36. The number of aromatic nitrogens is 2. The Hall–Kier alpha value is -2.37. The van der Waals surface area contributed by atoms with E-state index in [1.54, 1.807) is 7.11 Å². The monoisotopic (exact) mass is 354 g/mol. The summed E-state index contributed by atoms with van der Waals surface area (Å²) in [6.45, 7) is 1.96. The fraction of sp³-hybridized carbons (Fsp3) is 0.550. The van der Waals surface area contributed by atoms with Gasteiger partial charge in [0.05, 0.1) is 18.1 Å². The molecular weight excluding hydrogens is 328 g/mol. The summed E-state index contributed by atoms with van der Waals surface area (Å²) in [5.74, 6) is 1.64. The van der Waals surface area contributed by atoms with Crippen LogP contribution in [0.4, 0.5) is 11.5 Å². The Morgan fingerprint density at radius 2 is 1.85 bits per heavy atom. The molecule has 2 fully saturated rings. The molecule has 1 saturated carbocycles. The van der Waals surface area contributed by atoms with Gasteiger partial charge >= 0.3 is 0 Å². The molecule has 1 aliphatic carbocycles. The smallest absolute Gasteiger partial charge is 0.257 e. The number of methoxy groups -OCH3 is 1. The molecule has 0 spiro atoms. The summed E-state index contributed by atoms with van der Waals surface area (Å²) in [6, 6.07) is 5.71. The maximum atomic E-state index is 12.5. The van der Waals surface area contributed by atoms with Crippen molar-refractivity contribution < 1.29 is 9.53 Å². The van der Waals surface area contributed by atoms with E-state index in [4.69, 9.17) is 9.72 Å². The van der Waals surface area contributed by atoms with Gasteiger partial charge in [0.15, 0.2) is 5.82 Å². The number of nitrogens with zero attached hydrogens (tertiary/aromatic N) is 3. The summed E-state index contributed by atoms with van der Waals surface area (Å²) in [6.07, 6.45) is 7.88. The van der Waals surface area contributed by atoms with E-state index >= 15 is 0 Å². The molecule has 1 N–H and O–H groups in total. The maximum Gasteiger partial charge on any atom is 0.257 e. The fourth-order valence-corrected chi connectivity index (χ4v) is 3.99. The second-order valence-electron chi connectivity index (χ2n) is 7.28. The number of carbonyl (C=O) groups is 1. The second kappa shape index (κ2) is 7.48. The fourth-order valence-electron chi connectivity index (χ4n) is 3.99. The van der Waals surface area contributed by atoms with Gasteiger partial charge in [0.1, 0.15) is 0 Å². The van der Waals surface area contributed by atoms with Gasteiger partial charge in [0.25, 0.3) is 5.88 Å². The van der Waals surface area contributed by atoms with Gasteiger partial charge in [-0.25, -0.2) is 9.97 Å². The Labute approximate surface area is 154 Å². The van der Waals surface area contributed by atoms with Gasteiger partial charge in [0, 0.05) is 24.7 Å². The van der Waals surface area contributed by atoms with Crippen LogP contribution in [0.15, 0.2) is 18.2 Å². The highest BCUT2D eigenvalue weighted by Crippen LogP contribution is 2.30. The molecule has 4 rings (SSSR count). The lowest BCUT2D eigenvalue weighted by atomic mass is 9.88. The molecule has 1 aliphatic heterocycles. The zero-order chi connectivity index (χ0) is 17.9. The largest absolute Gasteiger partial charge is 0.478 e. The Morgan fingerprint density at radius 1 is 1.08 bits per heavy atom. The number of carbonyl (C=O) groups excluding carboxylic acids is 1. The van der Waals surface area contributed by atoms with Gasteiger partial charge in [-0.1, -0.05) is 19.3 Å². The van der Waals surface area contributed by atoms with Crippen LogP contribution in [-0.2, 0) is 4.79 Å². The van der Waals surface area contributed by atoms with Crippen LogP contribution in [0.3, 0.4) is 0 Å². The second-order valence-corrected chi connectivity index (χ2v) is 7.28. The van der Waals surface area contributed by atoms with E-state index in [2.05, 4.69) is 15.2 Å². The lowest BCUT2D eigenvalue weighted by Crippen LogP contribution is -2.24. The Bertz CT molecular complexity index is 796. The number of hydrogen-bond acceptors (Lipinski definition) is 5. The number of nitrogens with one attached hydrogen (secondary N) is 1. The van der Waals surface area contributed by atoms with Crippen LogP contribution in [0.25, 0.3) is 11.0 Å². The van der Waals surface area contributed by atoms with Crippen LogP contribution in [0.2, 0.25) is 0 Å². The number of anilines is 2. The van der Waals surface area contributed by atoms with Gasteiger partial charge in [0.2, 0.25) is 5.91 Å². The molecule has 0 unspecified atom stereocenters. The molecule has 26 heavy (non-hydrogen) atoms. The minimum Gasteiger partial charge on any atom is -0.478 e. The predicted molar refractivity (Wildman–Crippen MR) is 103 cm³/mol. The van der Waals surface area contributed by atoms with Crippen LogP contribution in [0.5, 0.6) is 5.88 Å². The first-order valence-electron chi connectivity index (χ1n) is 9.66. The molecule has 1 aromatic heterocycles. The van der Waals surface area contributed by atoms with Crippen LogP contribution in [-0.4, -0.2) is 36.1 Å². The third kappa shape index (κ3) is 3.45. The molecule has 1 amide bonds. The van der Waals surface area contributed by atoms with E-state index in [9.17, 15) is 4.79 Å². The number of hydrogen-bond donors (Lipinski definition) is 1. The summed E-state index contributed by atoms with van der Waals surface area (Å²) in [4.78, 5) is 24.1. The molecule has 6 heteroatoms. The van der Waals surface area contributed by atoms with Crippen LogP contribution in [0.1, 0.15) is 44.9 Å². The quantitative estimate of drug-likeness (QED) is 0.905. The first kappa shape index (κ1) is 17.1. The van der Waals surface area contributed by atoms with Crippen molar-refractivity contribution in [1.82, 2.24) is 9.97 Å². The molecular formula is C20H26N4O2. The van der Waals surface area contributed by atoms with Gasteiger partial charge in [-0.2, -0.15) is 0 Å². The van der Waals surface area contributed by atoms with Gasteiger partial charge in [-0.3, -0.25) is 4.79 Å². The normalized spacial score (nSPS) is 18.3. The van der Waals surface area contributed by atoms with E-state index < -0.39 is 0 Å². The lowest BCUT2D eigenvalue weighted by Gasteiger charge is -2.21. The Morgan fingerprint density at radius 3 is 2.58 bits per heavy atom. The van der Waals surface area contributed by atoms with Crippen molar-refractivity contribution in [2.45, 2.75) is 44.9 Å². The number of benzene rings is 1. The van der Waals surface area contributed by atoms with Crippen molar-refractivity contribution in [3.8, 4) is 5.88 Å². The molecule has 1 saturated heterocycles. The van der Waals surface area contributed by atoms with Crippen LogP contribution >= 0.6 is 0 Å². The zero-order valence-electron chi connectivity index (χ0n) is 15.3. The van der Waals surface area contributed by atoms with Gasteiger partial charge in [-0.05, 0) is 43.9 Å². The zero-order valence-corrected chi connectivity index (χ0v) is 15.3. The van der Waals surface area contributed by atoms with Crippen molar-refractivity contribution in [3.63, 3.8) is 0 Å². The third-order valence-corrected chi connectivity index (χ3v) is 5.46. The van der Waals surface area contributed by atoms with E-state index in [-0.39, 0.29) is 11.8 Å². The van der Waals surface area contributed by atoms with E-state index in [0.717, 1.165) is 61.3 Å². The summed E-state index contributed by atoms with van der Waals surface area (Å²) in [7, 11) is 1.63. The lowest BCUT2D eigenvalue weighted by molar-refractivity contribution is -0.120. The standard InChI is InChI=1S/C20H26N4O2/c1-26-20-18(24-11-5-6-12-24)22-17-13-15(9-10-16(17)23-20)21-19(25)14-7-3-2-4-8-14/h9-10,13-14H,2-8,11-12H2,1H3,(H,21,25). The number of rotatable bonds is 4. The number of fused-ring (bicyclic) bond motifs is 1. The van der Waals surface area contributed by atoms with E-state index in [1.807, 2.05) is 18.2 Å². The molecule has 2 heterocycles. The molecule has 2 aromatic rings. The topological polar surface area (TPSA) is 67.3 Å². The SMILES string of the molecule is COc1nc2ccc(NC(=O)C3CCCCC3)cc2nc1N1CCCC1. The van der Waals surface area contributed by atoms with Crippen molar-refractivity contribution in [2.75, 3.05) is 30.4 Å². The minimum atomic E-state index is 0.130. The minimum absolute atomic E-state index is 0.130. The van der Waals surface area contributed by atoms with Crippen molar-refractivity contribution in [1.29, 1.82) is 0 Å². The first-order valence-corrected chi connectivity index (χ1v) is 9.66. The van der Waals surface area contributed by atoms with Gasteiger partial charge in [-0.15, -0.1) is 0 Å². The Kier molecular flexibility index (Phi) is 4.91. The molecule has 0 radical (unpaired) electrons. The van der Waals surface area contributed by atoms with Crippen molar-refractivity contribution in [2.24, 2.45) is 5.92 Å². The summed E-state index contributed by atoms with van der Waals surface area (Å²) in [5, 5.41) is 3.07. The highest BCUT2D eigenvalue weighted by atomic mass is 16.5. The van der Waals surface area contributed by atoms with Gasteiger partial charge < -0.3 is 15.0 Å². The average molecular weight is 354 g/mol. The molecule has 1 aromatic carbocycles. The first-order chi connectivity index (χ1) is 12.7. The van der Waals surface area contributed by atoms with Crippen LogP contribution in [0, 0.1) is 5.92 Å². The van der Waals surface area contributed by atoms with Crippen LogP contribution < -0.4 is 15.0 Å². The molecule has 6 nitrogen and oxygen atoms in total. The molecule has 0 atom stereocenters. The summed E-state index contributed by atoms with van der Waals surface area (Å²) < 4.78 is 5.45. The molecule has 138 valence electrons. The molecule has 2 aliphatic rings. The number of ether oxygens (including phenoxy) is 1. The third-order valence-electron chi connectivity index (χ3n) is 5.46. The molecule has 0 bridgehead atoms. The predicted octanol–water partition coefficient (Wildman–Crippen LogP) is 3.76.